The van der Waals surface area contributed by atoms with Crippen molar-refractivity contribution in [3.63, 3.8) is 0 Å². The molecular formula is C22H36ClNO2. The first kappa shape index (κ1) is 24.7. The van der Waals surface area contributed by atoms with Gasteiger partial charge in [-0.05, 0) is 44.9 Å². The summed E-state index contributed by atoms with van der Waals surface area (Å²) < 4.78 is 1.06. The molecule has 0 atom stereocenters. The molecule has 0 fully saturated rings. The number of hydrogen-bond donors (Lipinski definition) is 1. The van der Waals surface area contributed by atoms with E-state index in [9.17, 15) is 4.79 Å². The third-order valence-corrected chi connectivity index (χ3v) is 4.14. The molecule has 3 nitrogen and oxygen atoms in total. The fourth-order valence-corrected chi connectivity index (χ4v) is 2.43. The smallest absolute Gasteiger partial charge is 0.237 e. The summed E-state index contributed by atoms with van der Waals surface area (Å²) in [5.41, 5.74) is 0. The van der Waals surface area contributed by atoms with Gasteiger partial charge in [0.2, 0.25) is 5.91 Å². The summed E-state index contributed by atoms with van der Waals surface area (Å²) in [5.74, 6) is -0.128. The standard InChI is InChI=1S/C22H36ClNO2/c1-2-3-4-5-6-7-8-9-10-11-12-13-14-15-16-17-18-19-22(26)24(23)20-21-25/h6-7,9-10,12-13,15-16,25H,2-5,8,11,14,17-21H2,1H3. The zero-order valence-corrected chi connectivity index (χ0v) is 17.0. The van der Waals surface area contributed by atoms with Crippen LogP contribution in [0.25, 0.3) is 0 Å². The Kier molecular flexibility index (Phi) is 19.0. The Bertz CT molecular complexity index is 441. The molecule has 0 aliphatic rings. The van der Waals surface area contributed by atoms with Gasteiger partial charge in [-0.2, -0.15) is 0 Å². The summed E-state index contributed by atoms with van der Waals surface area (Å²) in [4.78, 5) is 11.5. The van der Waals surface area contributed by atoms with E-state index in [0.717, 1.165) is 36.5 Å². The number of aliphatic hydroxyl groups excluding tert-OH is 1. The predicted octanol–water partition coefficient (Wildman–Crippen LogP) is 6.11. The van der Waals surface area contributed by atoms with E-state index in [-0.39, 0.29) is 19.1 Å². The van der Waals surface area contributed by atoms with E-state index < -0.39 is 0 Å². The molecule has 148 valence electrons. The van der Waals surface area contributed by atoms with E-state index >= 15 is 0 Å². The molecule has 0 aliphatic heterocycles. The lowest BCUT2D eigenvalue weighted by Crippen LogP contribution is -2.24. The summed E-state index contributed by atoms with van der Waals surface area (Å²) in [6.45, 7) is 2.31. The number of aliphatic hydroxyl groups is 1. The molecule has 0 bridgehead atoms. The fraction of sp³-hybridized carbons (Fsp3) is 0.591. The summed E-state index contributed by atoms with van der Waals surface area (Å²) in [7, 11) is 0. The van der Waals surface area contributed by atoms with Crippen LogP contribution in [-0.2, 0) is 4.79 Å². The van der Waals surface area contributed by atoms with Crippen molar-refractivity contribution in [1.29, 1.82) is 0 Å². The van der Waals surface area contributed by atoms with Crippen molar-refractivity contribution in [3.05, 3.63) is 48.6 Å². The lowest BCUT2D eigenvalue weighted by Gasteiger charge is -2.11. The van der Waals surface area contributed by atoms with Crippen LogP contribution in [0.15, 0.2) is 48.6 Å². The molecule has 0 saturated heterocycles. The Labute approximate surface area is 165 Å². The molecule has 26 heavy (non-hydrogen) atoms. The minimum absolute atomic E-state index is 0.105. The second kappa shape index (κ2) is 20.0. The number of carbonyl (C=O) groups is 1. The Balaban J connectivity index is 3.53. The normalized spacial score (nSPS) is 12.3. The van der Waals surface area contributed by atoms with Crippen molar-refractivity contribution in [3.8, 4) is 0 Å². The van der Waals surface area contributed by atoms with Gasteiger partial charge >= 0.3 is 0 Å². The number of halogens is 1. The van der Waals surface area contributed by atoms with Crippen LogP contribution in [-0.4, -0.2) is 28.6 Å². The van der Waals surface area contributed by atoms with Gasteiger partial charge in [0.15, 0.2) is 0 Å². The number of amides is 1. The SMILES string of the molecule is CCCCCC=CCC=CCC=CCC=CCCCC(=O)N(Cl)CCO. The average Bonchev–Trinajstić information content (AvgIpc) is 2.64. The molecular weight excluding hydrogens is 346 g/mol. The van der Waals surface area contributed by atoms with Crippen LogP contribution in [0.5, 0.6) is 0 Å². The second-order valence-corrected chi connectivity index (χ2v) is 6.59. The number of carbonyl (C=O) groups excluding carboxylic acids is 1. The van der Waals surface area contributed by atoms with Crippen LogP contribution in [0, 0.1) is 0 Å². The first-order valence-corrected chi connectivity index (χ1v) is 10.2. The molecule has 1 amide bonds. The topological polar surface area (TPSA) is 40.5 Å². The maximum atomic E-state index is 11.5. The molecule has 0 unspecified atom stereocenters. The van der Waals surface area contributed by atoms with Crippen LogP contribution in [0.1, 0.15) is 71.1 Å². The highest BCUT2D eigenvalue weighted by molar-refractivity contribution is 6.21. The van der Waals surface area contributed by atoms with Gasteiger partial charge in [-0.25, -0.2) is 0 Å². The van der Waals surface area contributed by atoms with Gasteiger partial charge in [-0.15, -0.1) is 0 Å². The molecule has 0 aliphatic carbocycles. The van der Waals surface area contributed by atoms with Crippen LogP contribution in [0.4, 0.5) is 0 Å². The van der Waals surface area contributed by atoms with E-state index in [1.54, 1.807) is 0 Å². The molecule has 0 rings (SSSR count). The van der Waals surface area contributed by atoms with Crippen molar-refractivity contribution in [2.45, 2.75) is 71.1 Å². The van der Waals surface area contributed by atoms with Gasteiger partial charge in [0.05, 0.1) is 13.2 Å². The van der Waals surface area contributed by atoms with Crippen LogP contribution in [0.2, 0.25) is 0 Å². The number of hydrogen-bond acceptors (Lipinski definition) is 2. The molecule has 0 spiro atoms. The van der Waals surface area contributed by atoms with Crippen molar-refractivity contribution in [1.82, 2.24) is 4.42 Å². The summed E-state index contributed by atoms with van der Waals surface area (Å²) in [5, 5.41) is 8.70. The lowest BCUT2D eigenvalue weighted by atomic mass is 10.2. The van der Waals surface area contributed by atoms with Crippen molar-refractivity contribution >= 4 is 17.7 Å². The highest BCUT2D eigenvalue weighted by Crippen LogP contribution is 2.05. The third kappa shape index (κ3) is 17.5. The Hall–Kier alpha value is -1.32. The fourth-order valence-electron chi connectivity index (χ4n) is 2.27. The van der Waals surface area contributed by atoms with E-state index in [4.69, 9.17) is 16.9 Å². The van der Waals surface area contributed by atoms with Gasteiger partial charge in [-0.3, -0.25) is 9.21 Å². The highest BCUT2D eigenvalue weighted by atomic mass is 35.5. The largest absolute Gasteiger partial charge is 0.394 e. The molecule has 0 aromatic carbocycles. The number of allylic oxidation sites excluding steroid dienone is 8. The van der Waals surface area contributed by atoms with Gasteiger partial charge < -0.3 is 5.11 Å². The molecule has 0 saturated carbocycles. The first-order valence-electron chi connectivity index (χ1n) is 9.89. The van der Waals surface area contributed by atoms with E-state index in [1.807, 2.05) is 0 Å². The highest BCUT2D eigenvalue weighted by Gasteiger charge is 2.08. The molecule has 0 aromatic rings. The zero-order chi connectivity index (χ0) is 19.3. The minimum Gasteiger partial charge on any atom is -0.394 e. The van der Waals surface area contributed by atoms with Crippen molar-refractivity contribution in [2.75, 3.05) is 13.2 Å². The Morgan fingerprint density at radius 3 is 1.85 bits per heavy atom. The quantitative estimate of drug-likeness (QED) is 0.199. The molecule has 0 radical (unpaired) electrons. The zero-order valence-electron chi connectivity index (χ0n) is 16.3. The van der Waals surface area contributed by atoms with E-state index in [0.29, 0.717) is 6.42 Å². The lowest BCUT2D eigenvalue weighted by molar-refractivity contribution is -0.127. The van der Waals surface area contributed by atoms with Gasteiger partial charge in [0.25, 0.3) is 0 Å². The second-order valence-electron chi connectivity index (χ2n) is 6.18. The summed E-state index contributed by atoms with van der Waals surface area (Å²) in [6.07, 6.45) is 27.6. The van der Waals surface area contributed by atoms with E-state index in [1.165, 1.54) is 25.7 Å². The molecule has 0 aromatic heterocycles. The number of nitrogens with zero attached hydrogens (tertiary/aromatic N) is 1. The van der Waals surface area contributed by atoms with Crippen molar-refractivity contribution < 1.29 is 9.90 Å². The van der Waals surface area contributed by atoms with Gasteiger partial charge in [0.1, 0.15) is 0 Å². The Morgan fingerprint density at radius 1 is 0.846 bits per heavy atom. The maximum absolute atomic E-state index is 11.5. The monoisotopic (exact) mass is 381 g/mol. The van der Waals surface area contributed by atoms with Crippen molar-refractivity contribution in [2.24, 2.45) is 0 Å². The predicted molar refractivity (Wildman–Crippen MR) is 113 cm³/mol. The Morgan fingerprint density at radius 2 is 1.35 bits per heavy atom. The van der Waals surface area contributed by atoms with Gasteiger partial charge in [-0.1, -0.05) is 68.4 Å². The maximum Gasteiger partial charge on any atom is 0.237 e. The number of rotatable bonds is 16. The average molecular weight is 382 g/mol. The molecule has 0 heterocycles. The van der Waals surface area contributed by atoms with Crippen LogP contribution in [0.3, 0.4) is 0 Å². The molecule has 4 heteroatoms. The van der Waals surface area contributed by atoms with E-state index in [2.05, 4.69) is 55.5 Å². The van der Waals surface area contributed by atoms with Gasteiger partial charge in [0, 0.05) is 18.2 Å². The minimum atomic E-state index is -0.128. The molecule has 1 N–H and O–H groups in total. The van der Waals surface area contributed by atoms with Crippen LogP contribution >= 0.6 is 11.8 Å². The first-order chi connectivity index (χ1) is 12.7. The number of unbranched alkanes of at least 4 members (excludes halogenated alkanes) is 4. The summed E-state index contributed by atoms with van der Waals surface area (Å²) in [6, 6.07) is 0. The third-order valence-electron chi connectivity index (χ3n) is 3.79. The summed E-state index contributed by atoms with van der Waals surface area (Å²) >= 11 is 5.70. The van der Waals surface area contributed by atoms with Crippen LogP contribution < -0.4 is 0 Å².